The zero-order valence-electron chi connectivity index (χ0n) is 13.9. The van der Waals surface area contributed by atoms with E-state index >= 15 is 0 Å². The van der Waals surface area contributed by atoms with Crippen LogP contribution in [0, 0.1) is 6.92 Å². The largest absolute Gasteiger partial charge is 0.495 e. The molecule has 0 aliphatic carbocycles. The molecule has 11 heteroatoms. The third kappa shape index (κ3) is 3.62. The second-order valence-corrected chi connectivity index (χ2v) is 8.44. The summed E-state index contributed by atoms with van der Waals surface area (Å²) in [5, 5.41) is 7.86. The molecule has 26 heavy (non-hydrogen) atoms. The lowest BCUT2D eigenvalue weighted by molar-refractivity contribution is 0.396. The highest BCUT2D eigenvalue weighted by Crippen LogP contribution is 2.38. The predicted molar refractivity (Wildman–Crippen MR) is 97.7 cm³/mol. The van der Waals surface area contributed by atoms with Gasteiger partial charge in [0.25, 0.3) is 15.9 Å². The number of aryl methyl sites for hydroxylation is 1. The summed E-state index contributed by atoms with van der Waals surface area (Å²) in [7, 11) is -0.990. The molecule has 3 aromatic rings. The topological polar surface area (TPSA) is 104 Å². The fourth-order valence-corrected chi connectivity index (χ4v) is 4.64. The first kappa shape index (κ1) is 18.5. The summed E-state index contributed by atoms with van der Waals surface area (Å²) in [6.07, 6.45) is 0. The number of rotatable bonds is 6. The van der Waals surface area contributed by atoms with Crippen LogP contribution in [-0.4, -0.2) is 32.8 Å². The van der Waals surface area contributed by atoms with Crippen molar-refractivity contribution in [2.24, 2.45) is 0 Å². The third-order valence-corrected chi connectivity index (χ3v) is 6.53. The highest BCUT2D eigenvalue weighted by molar-refractivity contribution is 7.94. The van der Waals surface area contributed by atoms with Crippen LogP contribution in [0.2, 0.25) is 5.02 Å². The van der Waals surface area contributed by atoms with E-state index in [1.165, 1.54) is 32.4 Å². The van der Waals surface area contributed by atoms with Gasteiger partial charge in [0, 0.05) is 13.0 Å². The number of nitrogens with one attached hydrogen (secondary N) is 1. The Bertz CT molecular complexity index is 1050. The quantitative estimate of drug-likeness (QED) is 0.656. The minimum absolute atomic E-state index is 0.0809. The van der Waals surface area contributed by atoms with Gasteiger partial charge in [-0.15, -0.1) is 21.5 Å². The molecule has 3 rings (SSSR count). The monoisotopic (exact) mass is 415 g/mol. The average molecular weight is 416 g/mol. The molecule has 2 aromatic heterocycles. The summed E-state index contributed by atoms with van der Waals surface area (Å²) in [6.45, 7) is 1.66. The van der Waals surface area contributed by atoms with Crippen molar-refractivity contribution in [2.75, 3.05) is 18.9 Å². The van der Waals surface area contributed by atoms with Crippen molar-refractivity contribution < 1.29 is 22.3 Å². The Kier molecular flexibility index (Phi) is 5.08. The Morgan fingerprint density at radius 2 is 1.88 bits per heavy atom. The summed E-state index contributed by atoms with van der Waals surface area (Å²) in [6, 6.07) is 5.98. The van der Waals surface area contributed by atoms with Gasteiger partial charge in [-0.3, -0.25) is 4.72 Å². The van der Waals surface area contributed by atoms with E-state index in [4.69, 9.17) is 25.5 Å². The molecule has 2 heterocycles. The van der Waals surface area contributed by atoms with Gasteiger partial charge >= 0.3 is 0 Å². The molecule has 0 aliphatic rings. The summed E-state index contributed by atoms with van der Waals surface area (Å²) >= 11 is 7.09. The lowest BCUT2D eigenvalue weighted by Crippen LogP contribution is -2.12. The van der Waals surface area contributed by atoms with Gasteiger partial charge in [-0.2, -0.15) is 0 Å². The Morgan fingerprint density at radius 1 is 1.15 bits per heavy atom. The fourth-order valence-electron chi connectivity index (χ4n) is 2.11. The summed E-state index contributed by atoms with van der Waals surface area (Å²) in [5.41, 5.74) is 0.196. The molecule has 1 N–H and O–H groups in total. The molecule has 0 atom stereocenters. The molecule has 0 amide bonds. The van der Waals surface area contributed by atoms with E-state index in [1.54, 1.807) is 13.0 Å². The van der Waals surface area contributed by atoms with E-state index in [0.29, 0.717) is 16.5 Å². The number of hydrogen-bond acceptors (Lipinski definition) is 8. The number of aromatic nitrogens is 2. The number of ether oxygens (including phenoxy) is 2. The van der Waals surface area contributed by atoms with Crippen LogP contribution in [0.3, 0.4) is 0 Å². The molecular formula is C15H14ClN3O5S2. The zero-order valence-corrected chi connectivity index (χ0v) is 16.3. The summed E-state index contributed by atoms with van der Waals surface area (Å²) in [5.74, 6) is 1.31. The number of benzene rings is 1. The normalized spacial score (nSPS) is 11.4. The van der Waals surface area contributed by atoms with Crippen LogP contribution in [0.5, 0.6) is 11.5 Å². The molecule has 8 nitrogen and oxygen atoms in total. The number of anilines is 1. The van der Waals surface area contributed by atoms with Gasteiger partial charge in [0.2, 0.25) is 5.89 Å². The second kappa shape index (κ2) is 7.14. The van der Waals surface area contributed by atoms with E-state index in [9.17, 15) is 8.42 Å². The molecule has 0 spiro atoms. The van der Waals surface area contributed by atoms with Crippen LogP contribution in [0.4, 0.5) is 5.69 Å². The van der Waals surface area contributed by atoms with E-state index in [-0.39, 0.29) is 26.6 Å². The number of halogens is 1. The van der Waals surface area contributed by atoms with Gasteiger partial charge in [0.1, 0.15) is 15.7 Å². The molecule has 0 saturated heterocycles. The van der Waals surface area contributed by atoms with Crippen LogP contribution in [0.25, 0.3) is 10.8 Å². The van der Waals surface area contributed by atoms with Crippen LogP contribution in [-0.2, 0) is 10.0 Å². The van der Waals surface area contributed by atoms with Crippen LogP contribution < -0.4 is 14.2 Å². The van der Waals surface area contributed by atoms with Crippen LogP contribution >= 0.6 is 22.9 Å². The Hall–Kier alpha value is -2.30. The zero-order chi connectivity index (χ0) is 18.9. The van der Waals surface area contributed by atoms with Gasteiger partial charge in [-0.05, 0) is 18.2 Å². The van der Waals surface area contributed by atoms with Crippen LogP contribution in [0.1, 0.15) is 5.89 Å². The SMILES string of the molecule is COc1cc(OC)c(NS(=O)(=O)c2ccc(-c3nnc(C)o3)s2)cc1Cl. The number of hydrogen-bond donors (Lipinski definition) is 1. The highest BCUT2D eigenvalue weighted by Gasteiger charge is 2.22. The Labute approximate surface area is 158 Å². The summed E-state index contributed by atoms with van der Waals surface area (Å²) < 4.78 is 43.5. The van der Waals surface area contributed by atoms with E-state index in [2.05, 4.69) is 14.9 Å². The van der Waals surface area contributed by atoms with Crippen molar-refractivity contribution >= 4 is 38.6 Å². The molecule has 0 unspecified atom stereocenters. The molecule has 0 aliphatic heterocycles. The first-order valence-corrected chi connectivity index (χ1v) is 9.86. The van der Waals surface area contributed by atoms with Crippen molar-refractivity contribution in [1.82, 2.24) is 10.2 Å². The van der Waals surface area contributed by atoms with Gasteiger partial charge < -0.3 is 13.9 Å². The van der Waals surface area contributed by atoms with Gasteiger partial charge in [-0.1, -0.05) is 11.6 Å². The van der Waals surface area contributed by atoms with Crippen molar-refractivity contribution in [1.29, 1.82) is 0 Å². The minimum Gasteiger partial charge on any atom is -0.495 e. The summed E-state index contributed by atoms with van der Waals surface area (Å²) in [4.78, 5) is 0.547. The maximum absolute atomic E-state index is 12.7. The number of sulfonamides is 1. The molecule has 0 saturated carbocycles. The number of thiophene rings is 1. The molecule has 138 valence electrons. The molecule has 0 radical (unpaired) electrons. The number of nitrogens with zero attached hydrogens (tertiary/aromatic N) is 2. The van der Waals surface area contributed by atoms with Crippen molar-refractivity contribution in [3.8, 4) is 22.3 Å². The maximum atomic E-state index is 12.7. The number of methoxy groups -OCH3 is 2. The fraction of sp³-hybridized carbons (Fsp3) is 0.200. The molecular weight excluding hydrogens is 402 g/mol. The standard InChI is InChI=1S/C15H14ClN3O5S2/c1-8-17-18-15(24-8)13-4-5-14(25-13)26(20,21)19-10-6-9(16)11(22-2)7-12(10)23-3/h4-7,19H,1-3H3. The van der Waals surface area contributed by atoms with Crippen molar-refractivity contribution in [3.63, 3.8) is 0 Å². The van der Waals surface area contributed by atoms with Gasteiger partial charge in [0.05, 0.1) is 29.8 Å². The first-order chi connectivity index (χ1) is 12.3. The van der Waals surface area contributed by atoms with Gasteiger partial charge in [-0.25, -0.2) is 8.42 Å². The molecule has 1 aromatic carbocycles. The van der Waals surface area contributed by atoms with Crippen molar-refractivity contribution in [3.05, 3.63) is 35.2 Å². The first-order valence-electron chi connectivity index (χ1n) is 7.18. The predicted octanol–water partition coefficient (Wildman–Crippen LogP) is 3.58. The van der Waals surface area contributed by atoms with E-state index in [0.717, 1.165) is 11.3 Å². The third-order valence-electron chi connectivity index (χ3n) is 3.30. The van der Waals surface area contributed by atoms with E-state index in [1.807, 2.05) is 0 Å². The smallest absolute Gasteiger partial charge is 0.271 e. The lowest BCUT2D eigenvalue weighted by Gasteiger charge is -2.13. The maximum Gasteiger partial charge on any atom is 0.271 e. The lowest BCUT2D eigenvalue weighted by atomic mass is 10.3. The van der Waals surface area contributed by atoms with Crippen LogP contribution in [0.15, 0.2) is 32.9 Å². The van der Waals surface area contributed by atoms with E-state index < -0.39 is 10.0 Å². The highest BCUT2D eigenvalue weighted by atomic mass is 35.5. The Balaban J connectivity index is 1.92. The molecule has 0 bridgehead atoms. The molecule has 0 fully saturated rings. The Morgan fingerprint density at radius 3 is 2.50 bits per heavy atom. The second-order valence-electron chi connectivity index (χ2n) is 5.04. The average Bonchev–Trinajstić information content (AvgIpc) is 3.24. The minimum atomic E-state index is -3.86. The van der Waals surface area contributed by atoms with Crippen molar-refractivity contribution in [2.45, 2.75) is 11.1 Å². The van der Waals surface area contributed by atoms with Gasteiger partial charge in [0.15, 0.2) is 0 Å².